The second-order valence-electron chi connectivity index (χ2n) is 10.2. The van der Waals surface area contributed by atoms with E-state index in [0.29, 0.717) is 18.8 Å². The minimum Gasteiger partial charge on any atom is -0.493 e. The van der Waals surface area contributed by atoms with Gasteiger partial charge in [-0.05, 0) is 86.0 Å². The predicted molar refractivity (Wildman–Crippen MR) is 133 cm³/mol. The van der Waals surface area contributed by atoms with E-state index in [9.17, 15) is 26.4 Å². The Hall–Kier alpha value is -2.38. The average Bonchev–Trinajstić information content (AvgIpc) is 3.14. The molecule has 0 bridgehead atoms. The van der Waals surface area contributed by atoms with Crippen LogP contribution in [0.5, 0.6) is 11.5 Å². The Labute approximate surface area is 218 Å². The van der Waals surface area contributed by atoms with Crippen molar-refractivity contribution in [3.63, 3.8) is 0 Å². The van der Waals surface area contributed by atoms with E-state index in [-0.39, 0.29) is 28.7 Å². The second-order valence-corrected chi connectivity index (χ2v) is 12.8. The van der Waals surface area contributed by atoms with Crippen LogP contribution in [0.4, 0.5) is 0 Å². The van der Waals surface area contributed by atoms with E-state index in [4.69, 9.17) is 13.1 Å². The van der Waals surface area contributed by atoms with Crippen molar-refractivity contribution in [2.24, 2.45) is 17.3 Å². The van der Waals surface area contributed by atoms with Gasteiger partial charge >= 0.3 is 20.6 Å². The summed E-state index contributed by atoms with van der Waals surface area (Å²) in [6.07, 6.45) is 4.85. The molecule has 0 heterocycles. The third-order valence-corrected chi connectivity index (χ3v) is 10.2. The lowest BCUT2D eigenvalue weighted by Gasteiger charge is -2.51. The number of nitrogens with one attached hydrogen (secondary N) is 2. The van der Waals surface area contributed by atoms with Gasteiger partial charge in [-0.2, -0.15) is 16.8 Å². The van der Waals surface area contributed by atoms with Crippen LogP contribution in [-0.4, -0.2) is 41.9 Å². The molecule has 2 N–H and O–H groups in total. The topological polar surface area (TPSA) is 154 Å². The summed E-state index contributed by atoms with van der Waals surface area (Å²) in [5, 5.41) is 0. The fourth-order valence-corrected chi connectivity index (χ4v) is 8.80. The van der Waals surface area contributed by atoms with Gasteiger partial charge in [0.2, 0.25) is 11.8 Å². The fraction of sp³-hybridized carbons (Fsp3) is 0.667. The maximum absolute atomic E-state index is 12.4. The van der Waals surface area contributed by atoms with Crippen LogP contribution in [0.1, 0.15) is 76.3 Å². The number of carbonyl (C=O) groups is 2. The van der Waals surface area contributed by atoms with Crippen LogP contribution >= 0.6 is 0 Å². The fourth-order valence-electron chi connectivity index (χ4n) is 7.04. The number of methoxy groups -OCH3 is 1. The molecule has 0 spiro atoms. The highest BCUT2D eigenvalue weighted by Crippen LogP contribution is 2.63. The predicted octanol–water partition coefficient (Wildman–Crippen LogP) is 2.47. The lowest BCUT2D eigenvalue weighted by Crippen LogP contribution is -2.47. The van der Waals surface area contributed by atoms with E-state index < -0.39 is 38.5 Å². The lowest BCUT2D eigenvalue weighted by atomic mass is 9.54. The smallest absolute Gasteiger partial charge is 0.409 e. The number of benzene rings is 1. The van der Waals surface area contributed by atoms with E-state index in [0.717, 1.165) is 57.1 Å². The number of carbonyl (C=O) groups excluding carboxylic acids is 2. The average molecular weight is 559 g/mol. The van der Waals surface area contributed by atoms with Crippen LogP contribution in [0.3, 0.4) is 0 Å². The summed E-state index contributed by atoms with van der Waals surface area (Å²) in [4.78, 5) is 22.5. The number of ether oxygens (including phenoxy) is 1. The van der Waals surface area contributed by atoms with E-state index in [2.05, 4.69) is 6.92 Å². The molecule has 11 nitrogen and oxygen atoms in total. The summed E-state index contributed by atoms with van der Waals surface area (Å²) in [6.45, 7) is 4.29. The quantitative estimate of drug-likeness (QED) is 0.490. The van der Waals surface area contributed by atoms with Gasteiger partial charge in [0, 0.05) is 19.3 Å². The first-order valence-corrected chi connectivity index (χ1v) is 15.3. The van der Waals surface area contributed by atoms with E-state index >= 15 is 0 Å². The molecular formula is C24H34N2O9S2. The Morgan fingerprint density at radius 1 is 0.973 bits per heavy atom. The van der Waals surface area contributed by atoms with Crippen molar-refractivity contribution in [1.82, 2.24) is 9.44 Å². The van der Waals surface area contributed by atoms with Crippen molar-refractivity contribution < 1.29 is 39.5 Å². The van der Waals surface area contributed by atoms with Crippen molar-refractivity contribution in [2.75, 3.05) is 7.11 Å². The first kappa shape index (κ1) is 27.6. The highest BCUT2D eigenvalue weighted by atomic mass is 32.2. The molecule has 0 aliphatic heterocycles. The van der Waals surface area contributed by atoms with Crippen molar-refractivity contribution in [3.8, 4) is 11.5 Å². The van der Waals surface area contributed by atoms with Crippen molar-refractivity contribution in [3.05, 3.63) is 23.3 Å². The molecule has 0 radical (unpaired) electrons. The molecule has 3 aliphatic rings. The Balaban J connectivity index is 1.61. The van der Waals surface area contributed by atoms with Crippen molar-refractivity contribution >= 4 is 32.4 Å². The molecule has 1 aromatic carbocycles. The van der Waals surface area contributed by atoms with Crippen molar-refractivity contribution in [2.45, 2.75) is 77.7 Å². The van der Waals surface area contributed by atoms with Crippen LogP contribution in [0, 0.1) is 17.3 Å². The zero-order valence-corrected chi connectivity index (χ0v) is 23.0. The van der Waals surface area contributed by atoms with Crippen LogP contribution in [0.25, 0.3) is 0 Å². The molecule has 206 valence electrons. The summed E-state index contributed by atoms with van der Waals surface area (Å²) in [6, 6.07) is 3.50. The minimum atomic E-state index is -4.34. The van der Waals surface area contributed by atoms with Crippen LogP contribution in [0.15, 0.2) is 12.1 Å². The Bertz CT molecular complexity index is 1300. The zero-order valence-electron chi connectivity index (χ0n) is 21.4. The van der Waals surface area contributed by atoms with Gasteiger partial charge in [-0.1, -0.05) is 6.92 Å². The monoisotopic (exact) mass is 558 g/mol. The van der Waals surface area contributed by atoms with Crippen LogP contribution in [-0.2, 0) is 40.8 Å². The lowest BCUT2D eigenvalue weighted by molar-refractivity contribution is -0.118. The van der Waals surface area contributed by atoms with Gasteiger partial charge in [-0.15, -0.1) is 0 Å². The number of hydrogen-bond donors (Lipinski definition) is 2. The van der Waals surface area contributed by atoms with Gasteiger partial charge in [0.1, 0.15) is 0 Å². The molecule has 13 heteroatoms. The van der Waals surface area contributed by atoms with Gasteiger partial charge in [0.05, 0.1) is 13.2 Å². The van der Waals surface area contributed by atoms with E-state index in [1.807, 2.05) is 10.8 Å². The summed E-state index contributed by atoms with van der Waals surface area (Å²) in [7, 11) is -7.09. The molecule has 2 fully saturated rings. The third kappa shape index (κ3) is 5.44. The highest BCUT2D eigenvalue weighted by Gasteiger charge is 2.58. The number of hydrogen-bond acceptors (Lipinski definition) is 9. The summed E-state index contributed by atoms with van der Waals surface area (Å²) in [5.74, 6) is -0.407. The first-order valence-electron chi connectivity index (χ1n) is 12.5. The Kier molecular flexibility index (Phi) is 7.52. The Morgan fingerprint density at radius 2 is 1.65 bits per heavy atom. The van der Waals surface area contributed by atoms with Gasteiger partial charge in [-0.3, -0.25) is 9.59 Å². The number of aryl methyl sites for hydroxylation is 1. The largest absolute Gasteiger partial charge is 0.493 e. The Morgan fingerprint density at radius 3 is 2.27 bits per heavy atom. The molecule has 2 saturated carbocycles. The molecule has 3 unspecified atom stereocenters. The molecule has 0 aromatic heterocycles. The van der Waals surface area contributed by atoms with E-state index in [1.165, 1.54) is 7.11 Å². The summed E-state index contributed by atoms with van der Waals surface area (Å²) >= 11 is 0. The van der Waals surface area contributed by atoms with Gasteiger partial charge in [0.15, 0.2) is 11.5 Å². The molecule has 37 heavy (non-hydrogen) atoms. The maximum Gasteiger partial charge on any atom is 0.409 e. The first-order chi connectivity index (χ1) is 17.3. The molecule has 5 atom stereocenters. The van der Waals surface area contributed by atoms with E-state index in [1.54, 1.807) is 10.8 Å². The number of rotatable bonds is 8. The number of amides is 2. The van der Waals surface area contributed by atoms with Gasteiger partial charge in [-0.25, -0.2) is 13.6 Å². The van der Waals surface area contributed by atoms with Gasteiger partial charge in [0.25, 0.3) is 0 Å². The van der Waals surface area contributed by atoms with Crippen LogP contribution < -0.4 is 18.4 Å². The highest BCUT2D eigenvalue weighted by molar-refractivity contribution is 7.85. The zero-order chi connectivity index (χ0) is 27.2. The molecule has 4 rings (SSSR count). The third-order valence-electron chi connectivity index (χ3n) is 8.28. The molecule has 1 aromatic rings. The number of fused-ring (bicyclic) bond motifs is 5. The maximum atomic E-state index is 12.4. The second kappa shape index (κ2) is 10.1. The molecule has 0 saturated heterocycles. The van der Waals surface area contributed by atoms with Crippen molar-refractivity contribution in [1.29, 1.82) is 0 Å². The summed E-state index contributed by atoms with van der Waals surface area (Å²) in [5.41, 5.74) is 1.75. The van der Waals surface area contributed by atoms with Crippen LogP contribution in [0.2, 0.25) is 0 Å². The summed E-state index contributed by atoms with van der Waals surface area (Å²) < 4.78 is 69.0. The minimum absolute atomic E-state index is 0.0182. The molecule has 2 amide bonds. The normalized spacial score (nSPS) is 28.9. The standard InChI is InChI=1S/C24H34N2O9S2/c1-5-24-11-10-17-18(20(24)8-9-23(24)35-37(31,32)26-15(3)28)7-6-16-12-22(21(33-4)13-19(16)17)34-36(29,30)25-14(2)27/h12-13,17-18,20,23H,5-11H2,1-4H3,(H,25,27)(H,26,28)/t17?,18?,20?,23-,24-/m0/s1. The van der Waals surface area contributed by atoms with Gasteiger partial charge < -0.3 is 8.92 Å². The molecular weight excluding hydrogens is 524 g/mol. The SMILES string of the molecule is CC[C@]12CCC3c4cc(OC)c(OS(=O)(=O)NC(C)=O)cc4CCC3C1CC[C@@H]2OS(=O)(=O)NC(C)=O. The molecule has 3 aliphatic carbocycles.